The molecule has 1 unspecified atom stereocenters. The standard InChI is InChI=1S/C14H14N4OS2/c1-14(19,10-5-7-20-8-10)9-16-13-18-17-12(21-13)11-4-2-3-6-15-11/h2-8,19H,9H2,1H3,(H,16,18). The molecule has 3 aromatic heterocycles. The van der Waals surface area contributed by atoms with E-state index >= 15 is 0 Å². The van der Waals surface area contributed by atoms with Crippen molar-refractivity contribution in [2.24, 2.45) is 0 Å². The van der Waals surface area contributed by atoms with Crippen LogP contribution in [0.25, 0.3) is 10.7 Å². The summed E-state index contributed by atoms with van der Waals surface area (Å²) >= 11 is 2.99. The molecule has 0 aliphatic carbocycles. The van der Waals surface area contributed by atoms with Crippen LogP contribution in [0.5, 0.6) is 0 Å². The van der Waals surface area contributed by atoms with E-state index in [1.54, 1.807) is 24.5 Å². The molecule has 3 aromatic rings. The molecule has 5 nitrogen and oxygen atoms in total. The molecule has 21 heavy (non-hydrogen) atoms. The number of aliphatic hydroxyl groups is 1. The van der Waals surface area contributed by atoms with Crippen LogP contribution < -0.4 is 5.32 Å². The maximum Gasteiger partial charge on any atom is 0.206 e. The van der Waals surface area contributed by atoms with Crippen LogP contribution in [0.4, 0.5) is 5.13 Å². The number of nitrogens with one attached hydrogen (secondary N) is 1. The van der Waals surface area contributed by atoms with Crippen LogP contribution in [0.15, 0.2) is 41.2 Å². The third-order valence-electron chi connectivity index (χ3n) is 3.04. The molecule has 0 spiro atoms. The number of nitrogens with zero attached hydrogens (tertiary/aromatic N) is 3. The van der Waals surface area contributed by atoms with Gasteiger partial charge in [0.25, 0.3) is 0 Å². The number of hydrogen-bond donors (Lipinski definition) is 2. The maximum absolute atomic E-state index is 10.4. The molecule has 0 aliphatic rings. The number of thiophene rings is 1. The first-order valence-electron chi connectivity index (χ1n) is 6.39. The molecular weight excluding hydrogens is 304 g/mol. The molecule has 0 aliphatic heterocycles. The first-order valence-corrected chi connectivity index (χ1v) is 8.15. The van der Waals surface area contributed by atoms with Gasteiger partial charge in [-0.3, -0.25) is 4.98 Å². The molecule has 0 saturated heterocycles. The molecule has 0 radical (unpaired) electrons. The van der Waals surface area contributed by atoms with E-state index in [2.05, 4.69) is 20.5 Å². The quantitative estimate of drug-likeness (QED) is 0.757. The summed E-state index contributed by atoms with van der Waals surface area (Å²) in [4.78, 5) is 4.24. The molecule has 0 bridgehead atoms. The van der Waals surface area contributed by atoms with Crippen LogP contribution in [0.3, 0.4) is 0 Å². The minimum atomic E-state index is -0.934. The van der Waals surface area contributed by atoms with Gasteiger partial charge in [-0.05, 0) is 41.4 Å². The van der Waals surface area contributed by atoms with Gasteiger partial charge in [0.15, 0.2) is 5.01 Å². The van der Waals surface area contributed by atoms with Gasteiger partial charge in [-0.1, -0.05) is 17.4 Å². The summed E-state index contributed by atoms with van der Waals surface area (Å²) in [7, 11) is 0. The third kappa shape index (κ3) is 3.26. The van der Waals surface area contributed by atoms with Gasteiger partial charge in [0, 0.05) is 12.7 Å². The normalized spacial score (nSPS) is 13.8. The van der Waals surface area contributed by atoms with Crippen molar-refractivity contribution in [2.75, 3.05) is 11.9 Å². The van der Waals surface area contributed by atoms with Gasteiger partial charge >= 0.3 is 0 Å². The Morgan fingerprint density at radius 1 is 1.29 bits per heavy atom. The van der Waals surface area contributed by atoms with Crippen molar-refractivity contribution in [3.8, 4) is 10.7 Å². The smallest absolute Gasteiger partial charge is 0.206 e. The average molecular weight is 318 g/mol. The zero-order chi connectivity index (χ0) is 14.7. The molecule has 0 saturated carbocycles. The minimum absolute atomic E-state index is 0.376. The monoisotopic (exact) mass is 318 g/mol. The number of aromatic nitrogens is 3. The highest BCUT2D eigenvalue weighted by Crippen LogP contribution is 2.27. The highest BCUT2D eigenvalue weighted by Gasteiger charge is 2.23. The Morgan fingerprint density at radius 3 is 2.90 bits per heavy atom. The van der Waals surface area contributed by atoms with Gasteiger partial charge in [-0.15, -0.1) is 10.2 Å². The topological polar surface area (TPSA) is 70.9 Å². The van der Waals surface area contributed by atoms with Gasteiger partial charge in [0.05, 0.1) is 0 Å². The Labute approximate surface area is 130 Å². The third-order valence-corrected chi connectivity index (χ3v) is 4.62. The lowest BCUT2D eigenvalue weighted by Crippen LogP contribution is -2.30. The maximum atomic E-state index is 10.4. The van der Waals surface area contributed by atoms with Crippen molar-refractivity contribution in [1.29, 1.82) is 0 Å². The van der Waals surface area contributed by atoms with E-state index in [-0.39, 0.29) is 0 Å². The lowest BCUT2D eigenvalue weighted by atomic mass is 10.00. The van der Waals surface area contributed by atoms with Crippen LogP contribution in [0.1, 0.15) is 12.5 Å². The van der Waals surface area contributed by atoms with E-state index in [9.17, 15) is 5.11 Å². The molecule has 3 heterocycles. The molecule has 2 N–H and O–H groups in total. The average Bonchev–Trinajstić information content (AvgIpc) is 3.18. The summed E-state index contributed by atoms with van der Waals surface area (Å²) in [5.41, 5.74) is 0.763. The summed E-state index contributed by atoms with van der Waals surface area (Å²) < 4.78 is 0. The summed E-state index contributed by atoms with van der Waals surface area (Å²) in [6, 6.07) is 7.59. The van der Waals surface area contributed by atoms with Gasteiger partial charge in [-0.2, -0.15) is 11.3 Å². The van der Waals surface area contributed by atoms with E-state index in [1.807, 2.05) is 35.0 Å². The zero-order valence-electron chi connectivity index (χ0n) is 11.4. The fourth-order valence-corrected chi connectivity index (χ4v) is 3.31. The van der Waals surface area contributed by atoms with E-state index in [1.165, 1.54) is 11.3 Å². The fourth-order valence-electron chi connectivity index (χ4n) is 1.81. The molecule has 0 fully saturated rings. The van der Waals surface area contributed by atoms with E-state index in [0.29, 0.717) is 11.7 Å². The Bertz CT molecular complexity index is 695. The Balaban J connectivity index is 1.68. The highest BCUT2D eigenvalue weighted by atomic mass is 32.1. The number of anilines is 1. The lowest BCUT2D eigenvalue weighted by molar-refractivity contribution is 0.0720. The predicted octanol–water partition coefficient (Wildman–Crippen LogP) is 2.98. The first-order chi connectivity index (χ1) is 10.1. The SMILES string of the molecule is CC(O)(CNc1nnc(-c2ccccn2)s1)c1ccsc1. The van der Waals surface area contributed by atoms with Crippen LogP contribution in [0.2, 0.25) is 0 Å². The lowest BCUT2D eigenvalue weighted by Gasteiger charge is -2.22. The molecule has 108 valence electrons. The van der Waals surface area contributed by atoms with Crippen LogP contribution >= 0.6 is 22.7 Å². The molecule has 1 atom stereocenters. The predicted molar refractivity (Wildman–Crippen MR) is 85.5 cm³/mol. The van der Waals surface area contributed by atoms with E-state index < -0.39 is 5.60 Å². The summed E-state index contributed by atoms with van der Waals surface area (Å²) in [5.74, 6) is 0. The Kier molecular flexibility index (Phi) is 3.96. The van der Waals surface area contributed by atoms with Crippen molar-refractivity contribution in [3.63, 3.8) is 0 Å². The van der Waals surface area contributed by atoms with Crippen LogP contribution in [0, 0.1) is 0 Å². The molecule has 3 rings (SSSR count). The van der Waals surface area contributed by atoms with Crippen molar-refractivity contribution in [3.05, 3.63) is 46.8 Å². The second kappa shape index (κ2) is 5.88. The van der Waals surface area contributed by atoms with Gasteiger partial charge < -0.3 is 10.4 Å². The van der Waals surface area contributed by atoms with Crippen molar-refractivity contribution >= 4 is 27.8 Å². The van der Waals surface area contributed by atoms with E-state index in [0.717, 1.165) is 16.3 Å². The van der Waals surface area contributed by atoms with Crippen molar-refractivity contribution < 1.29 is 5.11 Å². The Morgan fingerprint density at radius 2 is 2.19 bits per heavy atom. The molecule has 0 amide bonds. The molecular formula is C14H14N4OS2. The highest BCUT2D eigenvalue weighted by molar-refractivity contribution is 7.18. The van der Waals surface area contributed by atoms with Gasteiger partial charge in [-0.25, -0.2) is 0 Å². The zero-order valence-corrected chi connectivity index (χ0v) is 13.0. The van der Waals surface area contributed by atoms with Crippen molar-refractivity contribution in [2.45, 2.75) is 12.5 Å². The fraction of sp³-hybridized carbons (Fsp3) is 0.214. The number of hydrogen-bond acceptors (Lipinski definition) is 7. The molecule has 0 aromatic carbocycles. The second-order valence-corrected chi connectivity index (χ2v) is 6.52. The summed E-state index contributed by atoms with van der Waals surface area (Å²) in [6.07, 6.45) is 1.73. The molecule has 7 heteroatoms. The van der Waals surface area contributed by atoms with Gasteiger partial charge in [0.1, 0.15) is 11.3 Å². The van der Waals surface area contributed by atoms with Crippen molar-refractivity contribution in [1.82, 2.24) is 15.2 Å². The summed E-state index contributed by atoms with van der Waals surface area (Å²) in [5, 5.41) is 27.1. The number of rotatable bonds is 5. The number of pyridine rings is 1. The Hall–Kier alpha value is -1.83. The summed E-state index contributed by atoms with van der Waals surface area (Å²) in [6.45, 7) is 2.16. The first kappa shape index (κ1) is 14.1. The van der Waals surface area contributed by atoms with E-state index in [4.69, 9.17) is 0 Å². The van der Waals surface area contributed by atoms with Gasteiger partial charge in [0.2, 0.25) is 5.13 Å². The second-order valence-electron chi connectivity index (χ2n) is 4.77. The largest absolute Gasteiger partial charge is 0.384 e. The van der Waals surface area contributed by atoms with Crippen LogP contribution in [-0.4, -0.2) is 26.8 Å². The van der Waals surface area contributed by atoms with Crippen LogP contribution in [-0.2, 0) is 5.60 Å². The minimum Gasteiger partial charge on any atom is -0.384 e.